The lowest BCUT2D eigenvalue weighted by Crippen LogP contribution is -2.34. The second-order valence-corrected chi connectivity index (χ2v) is 6.94. The number of hydrogen-bond acceptors (Lipinski definition) is 5. The van der Waals surface area contributed by atoms with Gasteiger partial charge in [0, 0.05) is 26.7 Å². The molecule has 0 atom stereocenters. The number of carbonyl (C=O) groups is 1. The third-order valence-corrected chi connectivity index (χ3v) is 3.70. The van der Waals surface area contributed by atoms with Crippen LogP contribution in [0.1, 0.15) is 59.8 Å². The topological polar surface area (TPSA) is 77.0 Å². The molecule has 0 aliphatic rings. The van der Waals surface area contributed by atoms with Gasteiger partial charge in [-0.2, -0.15) is 0 Å². The molecular formula is C17H35NO5. The van der Waals surface area contributed by atoms with Crippen molar-refractivity contribution in [3.8, 4) is 0 Å². The Hall–Kier alpha value is -0.690. The third kappa shape index (κ3) is 13.4. The largest absolute Gasteiger partial charge is 0.385 e. The molecule has 0 aromatic heterocycles. The molecule has 0 fully saturated rings. The Morgan fingerprint density at radius 1 is 1.00 bits per heavy atom. The van der Waals surface area contributed by atoms with Crippen molar-refractivity contribution in [2.24, 2.45) is 0 Å². The molecule has 0 aromatic rings. The molecule has 6 heteroatoms. The number of aliphatic hydroxyl groups is 1. The van der Waals surface area contributed by atoms with Crippen molar-refractivity contribution in [3.05, 3.63) is 0 Å². The Morgan fingerprint density at radius 3 is 2.26 bits per heavy atom. The minimum absolute atomic E-state index is 0.0781. The summed E-state index contributed by atoms with van der Waals surface area (Å²) in [6.45, 7) is 9.43. The standard InChI is InChI=1S/C17H35NO5/c1-16(2,22-13-10-17(3,4)23-14-19)9-11-18-15(20)8-6-7-12-21-5/h19H,6-14H2,1-5H3,(H,18,20). The van der Waals surface area contributed by atoms with Crippen LogP contribution in [0.5, 0.6) is 0 Å². The molecule has 1 amide bonds. The molecule has 0 unspecified atom stereocenters. The molecule has 0 saturated heterocycles. The first-order valence-electron chi connectivity index (χ1n) is 8.37. The summed E-state index contributed by atoms with van der Waals surface area (Å²) >= 11 is 0. The lowest BCUT2D eigenvalue weighted by molar-refractivity contribution is -0.122. The zero-order valence-electron chi connectivity index (χ0n) is 15.4. The van der Waals surface area contributed by atoms with E-state index >= 15 is 0 Å². The van der Waals surface area contributed by atoms with Crippen molar-refractivity contribution in [1.82, 2.24) is 5.32 Å². The molecule has 2 N–H and O–H groups in total. The lowest BCUT2D eigenvalue weighted by Gasteiger charge is -2.29. The van der Waals surface area contributed by atoms with Crippen LogP contribution in [0.25, 0.3) is 0 Å². The highest BCUT2D eigenvalue weighted by molar-refractivity contribution is 5.75. The maximum absolute atomic E-state index is 11.7. The lowest BCUT2D eigenvalue weighted by atomic mass is 10.0. The molecule has 0 spiro atoms. The number of nitrogens with one attached hydrogen (secondary N) is 1. The molecule has 0 aromatic carbocycles. The van der Waals surface area contributed by atoms with Crippen LogP contribution < -0.4 is 5.32 Å². The summed E-state index contributed by atoms with van der Waals surface area (Å²) in [4.78, 5) is 11.7. The van der Waals surface area contributed by atoms with Gasteiger partial charge in [0.15, 0.2) is 0 Å². The highest BCUT2D eigenvalue weighted by Gasteiger charge is 2.22. The molecule has 138 valence electrons. The number of hydrogen-bond donors (Lipinski definition) is 2. The van der Waals surface area contributed by atoms with Gasteiger partial charge in [-0.25, -0.2) is 0 Å². The number of rotatable bonds is 14. The van der Waals surface area contributed by atoms with Crippen LogP contribution in [0, 0.1) is 0 Å². The van der Waals surface area contributed by atoms with E-state index in [1.165, 1.54) is 0 Å². The number of unbranched alkanes of at least 4 members (excludes halogenated alkanes) is 1. The highest BCUT2D eigenvalue weighted by Crippen LogP contribution is 2.18. The van der Waals surface area contributed by atoms with Crippen LogP contribution in [-0.4, -0.2) is 55.9 Å². The predicted octanol–water partition coefficient (Wildman–Crippen LogP) is 2.24. The summed E-state index contributed by atoms with van der Waals surface area (Å²) in [5.74, 6) is 0.0781. The van der Waals surface area contributed by atoms with E-state index in [9.17, 15) is 4.79 Å². The first-order valence-corrected chi connectivity index (χ1v) is 8.37. The molecule has 23 heavy (non-hydrogen) atoms. The Bertz CT molecular complexity index is 318. The fraction of sp³-hybridized carbons (Fsp3) is 0.941. The van der Waals surface area contributed by atoms with Crippen LogP contribution in [-0.2, 0) is 19.0 Å². The van der Waals surface area contributed by atoms with Crippen LogP contribution in [0.2, 0.25) is 0 Å². The van der Waals surface area contributed by atoms with Crippen molar-refractivity contribution in [3.63, 3.8) is 0 Å². The van der Waals surface area contributed by atoms with Gasteiger partial charge in [-0.15, -0.1) is 0 Å². The quantitative estimate of drug-likeness (QED) is 0.376. The van der Waals surface area contributed by atoms with E-state index in [4.69, 9.17) is 19.3 Å². The second-order valence-electron chi connectivity index (χ2n) is 6.94. The summed E-state index contributed by atoms with van der Waals surface area (Å²) < 4.78 is 16.1. The fourth-order valence-corrected chi connectivity index (χ4v) is 2.02. The van der Waals surface area contributed by atoms with E-state index in [-0.39, 0.29) is 18.3 Å². The van der Waals surface area contributed by atoms with Crippen molar-refractivity contribution in [2.75, 3.05) is 33.7 Å². The van der Waals surface area contributed by atoms with Crippen molar-refractivity contribution >= 4 is 5.91 Å². The average Bonchev–Trinajstić information content (AvgIpc) is 2.42. The van der Waals surface area contributed by atoms with Gasteiger partial charge in [0.05, 0.1) is 17.8 Å². The van der Waals surface area contributed by atoms with Gasteiger partial charge in [0.2, 0.25) is 5.91 Å². The maximum atomic E-state index is 11.7. The predicted molar refractivity (Wildman–Crippen MR) is 90.3 cm³/mol. The van der Waals surface area contributed by atoms with Crippen LogP contribution in [0.3, 0.4) is 0 Å². The number of methoxy groups -OCH3 is 1. The van der Waals surface area contributed by atoms with Crippen LogP contribution in [0.4, 0.5) is 0 Å². The molecule has 0 radical (unpaired) electrons. The van der Waals surface area contributed by atoms with Crippen molar-refractivity contribution < 1.29 is 24.1 Å². The third-order valence-electron chi connectivity index (χ3n) is 3.70. The maximum Gasteiger partial charge on any atom is 0.219 e. The van der Waals surface area contributed by atoms with E-state index in [2.05, 4.69) is 5.32 Å². The van der Waals surface area contributed by atoms with Gasteiger partial charge in [-0.05, 0) is 53.4 Å². The summed E-state index contributed by atoms with van der Waals surface area (Å²) in [6, 6.07) is 0. The van der Waals surface area contributed by atoms with E-state index < -0.39 is 5.60 Å². The molecule has 0 aliphatic carbocycles. The number of amides is 1. The summed E-state index contributed by atoms with van der Waals surface area (Å²) in [5, 5.41) is 11.7. The highest BCUT2D eigenvalue weighted by atomic mass is 16.6. The minimum Gasteiger partial charge on any atom is -0.385 e. The SMILES string of the molecule is COCCCCC(=O)NCCC(C)(C)OCCC(C)(C)OCO. The molecule has 0 aliphatic heterocycles. The summed E-state index contributed by atoms with van der Waals surface area (Å²) in [7, 11) is 1.67. The van der Waals surface area contributed by atoms with Gasteiger partial charge >= 0.3 is 0 Å². The monoisotopic (exact) mass is 333 g/mol. The number of carbonyl (C=O) groups excluding carboxylic acids is 1. The van der Waals surface area contributed by atoms with E-state index in [0.717, 1.165) is 19.3 Å². The normalized spacial score (nSPS) is 12.4. The fourth-order valence-electron chi connectivity index (χ4n) is 2.02. The Labute approximate surface area is 140 Å². The van der Waals surface area contributed by atoms with Crippen molar-refractivity contribution in [2.45, 2.75) is 71.0 Å². The zero-order valence-corrected chi connectivity index (χ0v) is 15.4. The number of ether oxygens (including phenoxy) is 3. The van der Waals surface area contributed by atoms with Crippen molar-refractivity contribution in [1.29, 1.82) is 0 Å². The molecule has 0 bridgehead atoms. The van der Waals surface area contributed by atoms with Gasteiger partial charge in [0.1, 0.15) is 6.79 Å². The zero-order chi connectivity index (χ0) is 17.8. The molecule has 0 heterocycles. The Balaban J connectivity index is 3.80. The van der Waals surface area contributed by atoms with E-state index in [0.29, 0.717) is 32.6 Å². The first kappa shape index (κ1) is 22.3. The Kier molecular flexibility index (Phi) is 11.4. The van der Waals surface area contributed by atoms with E-state index in [1.807, 2.05) is 27.7 Å². The molecule has 0 saturated carbocycles. The number of aliphatic hydroxyl groups excluding tert-OH is 1. The van der Waals surface area contributed by atoms with Crippen LogP contribution in [0.15, 0.2) is 0 Å². The minimum atomic E-state index is -0.402. The van der Waals surface area contributed by atoms with Gasteiger partial charge < -0.3 is 24.6 Å². The second kappa shape index (κ2) is 11.8. The average molecular weight is 333 g/mol. The molecule has 6 nitrogen and oxygen atoms in total. The summed E-state index contributed by atoms with van der Waals surface area (Å²) in [6.07, 6.45) is 3.74. The first-order chi connectivity index (χ1) is 10.7. The van der Waals surface area contributed by atoms with Gasteiger partial charge in [-0.3, -0.25) is 4.79 Å². The molecular weight excluding hydrogens is 298 g/mol. The summed E-state index contributed by atoms with van der Waals surface area (Å²) in [5.41, 5.74) is -0.708. The van der Waals surface area contributed by atoms with Crippen LogP contribution >= 0.6 is 0 Å². The Morgan fingerprint density at radius 2 is 1.65 bits per heavy atom. The van der Waals surface area contributed by atoms with E-state index in [1.54, 1.807) is 7.11 Å². The van der Waals surface area contributed by atoms with Gasteiger partial charge in [-0.1, -0.05) is 0 Å². The van der Waals surface area contributed by atoms with Gasteiger partial charge in [0.25, 0.3) is 0 Å². The molecule has 0 rings (SSSR count). The smallest absolute Gasteiger partial charge is 0.219 e.